The number of likely N-dealkylation sites (N-methyl/N-ethyl adjacent to an activating group) is 1. The molecule has 0 aromatic carbocycles. The highest BCUT2D eigenvalue weighted by molar-refractivity contribution is 5.30. The van der Waals surface area contributed by atoms with Crippen LogP contribution < -0.4 is 10.5 Å². The average Bonchev–Trinajstić information content (AvgIpc) is 2.87. The number of methoxy groups -OCH3 is 1. The normalized spacial score (nSPS) is 16.0. The fourth-order valence-corrected chi connectivity index (χ4v) is 2.35. The fourth-order valence-electron chi connectivity index (χ4n) is 2.35. The Hall–Kier alpha value is -1.11. The first kappa shape index (κ1) is 17.9. The number of rotatable bonds is 9. The van der Waals surface area contributed by atoms with Gasteiger partial charge in [-0.3, -0.25) is 4.68 Å². The van der Waals surface area contributed by atoms with Crippen molar-refractivity contribution in [1.29, 1.82) is 0 Å². The molecule has 0 fully saturated rings. The molecule has 0 spiro atoms. The molecule has 0 aliphatic rings. The molecular weight excluding hydrogens is 268 g/mol. The second-order valence-corrected chi connectivity index (χ2v) is 5.70. The molecule has 0 saturated heterocycles. The summed E-state index contributed by atoms with van der Waals surface area (Å²) < 4.78 is 13.3. The van der Waals surface area contributed by atoms with Crippen LogP contribution in [0.15, 0.2) is 6.20 Å². The zero-order valence-corrected chi connectivity index (χ0v) is 14.2. The maximum Gasteiger partial charge on any atom is 0.161 e. The predicted octanol–water partition coefficient (Wildman–Crippen LogP) is 1.66. The number of nitrogens with zero attached hydrogens (tertiary/aromatic N) is 3. The fraction of sp³-hybridized carbons (Fsp3) is 0.800. The molecule has 1 aromatic heterocycles. The van der Waals surface area contributed by atoms with Crippen molar-refractivity contribution in [2.24, 2.45) is 5.73 Å². The number of ether oxygens (including phenoxy) is 2. The van der Waals surface area contributed by atoms with Crippen LogP contribution in [-0.2, 0) is 11.3 Å². The molecule has 2 N–H and O–H groups in total. The Morgan fingerprint density at radius 1 is 1.43 bits per heavy atom. The minimum absolute atomic E-state index is 0.290. The Bertz CT molecular complexity index is 433. The third kappa shape index (κ3) is 4.18. The molecule has 0 saturated carbocycles. The topological polar surface area (TPSA) is 65.5 Å². The van der Waals surface area contributed by atoms with Gasteiger partial charge in [0.2, 0.25) is 0 Å². The molecule has 0 aliphatic carbocycles. The minimum Gasteiger partial charge on any atom is -0.493 e. The van der Waals surface area contributed by atoms with Crippen LogP contribution in [0, 0.1) is 0 Å². The van der Waals surface area contributed by atoms with Gasteiger partial charge in [-0.25, -0.2) is 0 Å². The van der Waals surface area contributed by atoms with Crippen molar-refractivity contribution in [3.63, 3.8) is 0 Å². The smallest absolute Gasteiger partial charge is 0.161 e. The molecule has 0 aliphatic heterocycles. The Morgan fingerprint density at radius 2 is 2.10 bits per heavy atom. The standard InChI is InChI=1S/C15H30N4O2/c1-7-15(3,21-8-2)14(16)13-12(20-6)11-17-19(13)10-9-18(4)5/h11,14H,7-10,16H2,1-6H3. The van der Waals surface area contributed by atoms with E-state index in [-0.39, 0.29) is 6.04 Å². The van der Waals surface area contributed by atoms with Gasteiger partial charge in [0.1, 0.15) is 5.69 Å². The molecule has 21 heavy (non-hydrogen) atoms. The molecule has 1 heterocycles. The largest absolute Gasteiger partial charge is 0.493 e. The van der Waals surface area contributed by atoms with Crippen LogP contribution in [0.3, 0.4) is 0 Å². The summed E-state index contributed by atoms with van der Waals surface area (Å²) in [7, 11) is 5.72. The van der Waals surface area contributed by atoms with E-state index in [1.807, 2.05) is 32.6 Å². The zero-order chi connectivity index (χ0) is 16.0. The van der Waals surface area contributed by atoms with Crippen molar-refractivity contribution in [1.82, 2.24) is 14.7 Å². The lowest BCUT2D eigenvalue weighted by Crippen LogP contribution is -2.42. The zero-order valence-electron chi connectivity index (χ0n) is 14.2. The van der Waals surface area contributed by atoms with E-state index < -0.39 is 5.60 Å². The molecular formula is C15H30N4O2. The second-order valence-electron chi connectivity index (χ2n) is 5.70. The van der Waals surface area contributed by atoms with Gasteiger partial charge in [-0.05, 0) is 34.4 Å². The quantitative estimate of drug-likeness (QED) is 0.751. The summed E-state index contributed by atoms with van der Waals surface area (Å²) in [5.74, 6) is 0.723. The third-order valence-electron chi connectivity index (χ3n) is 3.95. The molecule has 6 heteroatoms. The Kier molecular flexibility index (Phi) is 6.64. The highest BCUT2D eigenvalue weighted by Crippen LogP contribution is 2.35. The molecule has 0 bridgehead atoms. The lowest BCUT2D eigenvalue weighted by atomic mass is 9.91. The van der Waals surface area contributed by atoms with Gasteiger partial charge < -0.3 is 20.1 Å². The van der Waals surface area contributed by atoms with Gasteiger partial charge in [-0.1, -0.05) is 6.92 Å². The van der Waals surface area contributed by atoms with E-state index in [1.165, 1.54) is 0 Å². The summed E-state index contributed by atoms with van der Waals surface area (Å²) in [5.41, 5.74) is 6.99. The molecule has 2 atom stereocenters. The molecule has 6 nitrogen and oxygen atoms in total. The number of hydrogen-bond donors (Lipinski definition) is 1. The second kappa shape index (κ2) is 7.77. The van der Waals surface area contributed by atoms with Gasteiger partial charge in [0, 0.05) is 13.2 Å². The van der Waals surface area contributed by atoms with Gasteiger partial charge in [-0.15, -0.1) is 0 Å². The highest BCUT2D eigenvalue weighted by Gasteiger charge is 2.36. The molecule has 122 valence electrons. The van der Waals surface area contributed by atoms with E-state index in [0.717, 1.165) is 31.0 Å². The SMILES string of the molecule is CCOC(C)(CC)C(N)c1c(OC)cnn1CCN(C)C. The van der Waals surface area contributed by atoms with E-state index in [2.05, 4.69) is 16.9 Å². The van der Waals surface area contributed by atoms with E-state index in [9.17, 15) is 0 Å². The van der Waals surface area contributed by atoms with Gasteiger partial charge in [0.05, 0.1) is 31.5 Å². The summed E-state index contributed by atoms with van der Waals surface area (Å²) >= 11 is 0. The van der Waals surface area contributed by atoms with Crippen LogP contribution >= 0.6 is 0 Å². The van der Waals surface area contributed by atoms with Crippen molar-refractivity contribution in [2.45, 2.75) is 45.4 Å². The molecule has 2 unspecified atom stereocenters. The Morgan fingerprint density at radius 3 is 2.57 bits per heavy atom. The third-order valence-corrected chi connectivity index (χ3v) is 3.95. The molecule has 0 radical (unpaired) electrons. The average molecular weight is 298 g/mol. The molecule has 1 rings (SSSR count). The summed E-state index contributed by atoms with van der Waals surface area (Å²) in [6.45, 7) is 8.41. The lowest BCUT2D eigenvalue weighted by Gasteiger charge is -2.35. The van der Waals surface area contributed by atoms with Gasteiger partial charge in [-0.2, -0.15) is 5.10 Å². The summed E-state index contributed by atoms with van der Waals surface area (Å²) in [5, 5.41) is 4.42. The first-order valence-corrected chi connectivity index (χ1v) is 7.53. The number of aromatic nitrogens is 2. The van der Waals surface area contributed by atoms with Crippen LogP contribution in [0.1, 0.15) is 38.9 Å². The van der Waals surface area contributed by atoms with Crippen molar-refractivity contribution < 1.29 is 9.47 Å². The first-order chi connectivity index (χ1) is 9.89. The van der Waals surface area contributed by atoms with Gasteiger partial charge in [0.25, 0.3) is 0 Å². The van der Waals surface area contributed by atoms with Crippen LogP contribution in [0.5, 0.6) is 5.75 Å². The van der Waals surface area contributed by atoms with E-state index in [1.54, 1.807) is 13.3 Å². The van der Waals surface area contributed by atoms with Gasteiger partial charge in [0.15, 0.2) is 5.75 Å². The van der Waals surface area contributed by atoms with E-state index in [0.29, 0.717) is 6.61 Å². The maximum atomic E-state index is 6.52. The van der Waals surface area contributed by atoms with Crippen molar-refractivity contribution >= 4 is 0 Å². The predicted molar refractivity (Wildman–Crippen MR) is 84.6 cm³/mol. The Labute approximate surface area is 128 Å². The summed E-state index contributed by atoms with van der Waals surface area (Å²) in [6.07, 6.45) is 2.55. The number of nitrogens with two attached hydrogens (primary N) is 1. The Balaban J connectivity index is 3.10. The highest BCUT2D eigenvalue weighted by atomic mass is 16.5. The minimum atomic E-state index is -0.433. The van der Waals surface area contributed by atoms with Crippen molar-refractivity contribution in [3.05, 3.63) is 11.9 Å². The van der Waals surface area contributed by atoms with E-state index in [4.69, 9.17) is 15.2 Å². The van der Waals surface area contributed by atoms with Crippen molar-refractivity contribution in [2.75, 3.05) is 34.4 Å². The number of hydrogen-bond acceptors (Lipinski definition) is 5. The van der Waals surface area contributed by atoms with Crippen LogP contribution in [0.25, 0.3) is 0 Å². The van der Waals surface area contributed by atoms with Crippen molar-refractivity contribution in [3.8, 4) is 5.75 Å². The van der Waals surface area contributed by atoms with Gasteiger partial charge >= 0.3 is 0 Å². The van der Waals surface area contributed by atoms with Crippen LogP contribution in [-0.4, -0.2) is 54.6 Å². The molecule has 0 amide bonds. The van der Waals surface area contributed by atoms with E-state index >= 15 is 0 Å². The summed E-state index contributed by atoms with van der Waals surface area (Å²) in [6, 6.07) is -0.290. The first-order valence-electron chi connectivity index (χ1n) is 7.53. The molecule has 1 aromatic rings. The van der Waals surface area contributed by atoms with Crippen LogP contribution in [0.2, 0.25) is 0 Å². The van der Waals surface area contributed by atoms with Crippen LogP contribution in [0.4, 0.5) is 0 Å². The lowest BCUT2D eigenvalue weighted by molar-refractivity contribution is -0.0494. The summed E-state index contributed by atoms with van der Waals surface area (Å²) in [4.78, 5) is 2.12. The monoisotopic (exact) mass is 298 g/mol. The maximum absolute atomic E-state index is 6.52.